The van der Waals surface area contributed by atoms with Gasteiger partial charge in [0.05, 0.1) is 18.5 Å². The average Bonchev–Trinajstić information content (AvgIpc) is 2.93. The summed E-state index contributed by atoms with van der Waals surface area (Å²) in [5.41, 5.74) is -0.772. The number of piperazine rings is 1. The third kappa shape index (κ3) is 6.60. The number of nitriles is 1. The molecule has 0 spiro atoms. The third-order valence-corrected chi connectivity index (χ3v) is 8.26. The SMILES string of the molecule is C=CCOC(=O)C1(Cc2ccccc2Br)CCc2c(nc(Cl)nc2N2CCN(C(=O)OC(C)(C)C)[C@@H](CC#N)C2)C1=O. The van der Waals surface area contributed by atoms with E-state index in [2.05, 4.69) is 38.5 Å². The van der Waals surface area contributed by atoms with E-state index < -0.39 is 34.9 Å². The number of ketones is 1. The molecule has 1 aromatic heterocycles. The fraction of sp³-hybridized carbons (Fsp3) is 0.467. The highest BCUT2D eigenvalue weighted by Gasteiger charge is 2.52. The minimum Gasteiger partial charge on any atom is -0.461 e. The van der Waals surface area contributed by atoms with Crippen molar-refractivity contribution in [2.75, 3.05) is 31.1 Å². The van der Waals surface area contributed by atoms with Gasteiger partial charge in [0.25, 0.3) is 0 Å². The second-order valence-corrected chi connectivity index (χ2v) is 12.5. The van der Waals surface area contributed by atoms with E-state index in [1.54, 1.807) is 25.7 Å². The molecule has 1 aliphatic heterocycles. The highest BCUT2D eigenvalue weighted by atomic mass is 79.9. The number of esters is 1. The summed E-state index contributed by atoms with van der Waals surface area (Å²) >= 11 is 9.91. The topological polar surface area (TPSA) is 126 Å². The molecule has 10 nitrogen and oxygen atoms in total. The molecule has 1 fully saturated rings. The van der Waals surface area contributed by atoms with Gasteiger partial charge in [-0.25, -0.2) is 14.8 Å². The second kappa shape index (κ2) is 12.8. The minimum absolute atomic E-state index is 0.0331. The molecule has 0 radical (unpaired) electrons. The van der Waals surface area contributed by atoms with E-state index in [4.69, 9.17) is 21.1 Å². The van der Waals surface area contributed by atoms with Crippen LogP contribution in [0.4, 0.5) is 10.6 Å². The molecule has 0 bridgehead atoms. The standard InChI is InChI=1S/C30H33BrClN5O5/c1-5-16-41-26(39)30(17-19-8-6-7-9-22(19)31)12-10-21-23(24(30)38)34-27(32)35-25(21)36-14-15-37(20(18-36)11-13-33)28(40)42-29(2,3)4/h5-9,20H,1,10-12,14-18H2,2-4H3/t20-,30?/m0/s1. The highest BCUT2D eigenvalue weighted by Crippen LogP contribution is 2.43. The van der Waals surface area contributed by atoms with Gasteiger partial charge < -0.3 is 19.3 Å². The van der Waals surface area contributed by atoms with Crippen molar-refractivity contribution in [2.24, 2.45) is 5.41 Å². The molecule has 2 atom stereocenters. The van der Waals surface area contributed by atoms with Crippen molar-refractivity contribution in [1.29, 1.82) is 5.26 Å². The van der Waals surface area contributed by atoms with E-state index in [9.17, 15) is 19.6 Å². The van der Waals surface area contributed by atoms with Gasteiger partial charge in [-0.1, -0.05) is 46.8 Å². The van der Waals surface area contributed by atoms with Crippen molar-refractivity contribution in [3.05, 3.63) is 63.5 Å². The van der Waals surface area contributed by atoms with Crippen LogP contribution in [0, 0.1) is 16.7 Å². The quantitative estimate of drug-likeness (QED) is 0.168. The van der Waals surface area contributed by atoms with Gasteiger partial charge in [-0.15, -0.1) is 0 Å². The van der Waals surface area contributed by atoms with Crippen LogP contribution < -0.4 is 4.90 Å². The summed E-state index contributed by atoms with van der Waals surface area (Å²) in [6.45, 7) is 9.89. The molecule has 1 amide bonds. The molecule has 2 heterocycles. The van der Waals surface area contributed by atoms with E-state index in [-0.39, 0.29) is 49.9 Å². The Bertz CT molecular complexity index is 1440. The lowest BCUT2D eigenvalue weighted by atomic mass is 9.68. The van der Waals surface area contributed by atoms with Gasteiger partial charge in [0.1, 0.15) is 29.1 Å². The largest absolute Gasteiger partial charge is 0.461 e. The molecule has 1 aliphatic carbocycles. The lowest BCUT2D eigenvalue weighted by Gasteiger charge is -2.42. The molecule has 222 valence electrons. The normalized spacial score (nSPS) is 20.4. The second-order valence-electron chi connectivity index (χ2n) is 11.3. The molecule has 1 saturated heterocycles. The zero-order valence-electron chi connectivity index (χ0n) is 23.9. The molecule has 4 rings (SSSR count). The number of fused-ring (bicyclic) bond motifs is 1. The Morgan fingerprint density at radius 2 is 2.02 bits per heavy atom. The van der Waals surface area contributed by atoms with Gasteiger partial charge in [0.15, 0.2) is 5.78 Å². The van der Waals surface area contributed by atoms with Gasteiger partial charge in [0, 0.05) is 29.7 Å². The fourth-order valence-electron chi connectivity index (χ4n) is 5.37. The number of hydrogen-bond acceptors (Lipinski definition) is 9. The molecular formula is C30H33BrClN5O5. The average molecular weight is 659 g/mol. The summed E-state index contributed by atoms with van der Waals surface area (Å²) in [6, 6.07) is 9.09. The Balaban J connectivity index is 1.70. The molecular weight excluding hydrogens is 626 g/mol. The van der Waals surface area contributed by atoms with Crippen LogP contribution in [0.1, 0.15) is 55.2 Å². The van der Waals surface area contributed by atoms with Crippen LogP contribution >= 0.6 is 27.5 Å². The Morgan fingerprint density at radius 1 is 1.29 bits per heavy atom. The summed E-state index contributed by atoms with van der Waals surface area (Å²) in [4.78, 5) is 53.0. The van der Waals surface area contributed by atoms with Gasteiger partial charge >= 0.3 is 12.1 Å². The van der Waals surface area contributed by atoms with Crippen molar-refractivity contribution in [2.45, 2.75) is 58.1 Å². The number of benzene rings is 1. The van der Waals surface area contributed by atoms with Gasteiger partial charge in [-0.05, 0) is 63.3 Å². The molecule has 42 heavy (non-hydrogen) atoms. The van der Waals surface area contributed by atoms with Crippen LogP contribution in [0.25, 0.3) is 0 Å². The molecule has 1 unspecified atom stereocenters. The molecule has 0 saturated carbocycles. The zero-order valence-corrected chi connectivity index (χ0v) is 26.2. The summed E-state index contributed by atoms with van der Waals surface area (Å²) in [7, 11) is 0. The number of halogens is 2. The molecule has 2 aromatic rings. The number of nitrogens with zero attached hydrogens (tertiary/aromatic N) is 5. The number of aromatic nitrogens is 2. The van der Waals surface area contributed by atoms with Crippen molar-refractivity contribution in [3.8, 4) is 6.07 Å². The number of ether oxygens (including phenoxy) is 2. The Morgan fingerprint density at radius 3 is 2.69 bits per heavy atom. The molecule has 1 aromatic carbocycles. The zero-order chi connectivity index (χ0) is 30.7. The number of amides is 1. The van der Waals surface area contributed by atoms with E-state index >= 15 is 0 Å². The number of carbonyl (C=O) groups excluding carboxylic acids is 3. The Hall–Kier alpha value is -3.49. The first-order chi connectivity index (χ1) is 19.9. The van der Waals surface area contributed by atoms with Crippen molar-refractivity contribution < 1.29 is 23.9 Å². The van der Waals surface area contributed by atoms with Crippen LogP contribution in [-0.4, -0.2) is 70.6 Å². The molecule has 0 N–H and O–H groups in total. The predicted molar refractivity (Wildman–Crippen MR) is 160 cm³/mol. The Kier molecular flexibility index (Phi) is 9.58. The van der Waals surface area contributed by atoms with Crippen LogP contribution in [-0.2, 0) is 27.1 Å². The van der Waals surface area contributed by atoms with E-state index in [1.807, 2.05) is 29.2 Å². The highest BCUT2D eigenvalue weighted by molar-refractivity contribution is 9.10. The summed E-state index contributed by atoms with van der Waals surface area (Å²) in [6.07, 6.45) is 1.65. The maximum atomic E-state index is 14.3. The smallest absolute Gasteiger partial charge is 0.410 e. The van der Waals surface area contributed by atoms with E-state index in [1.165, 1.54) is 6.08 Å². The lowest BCUT2D eigenvalue weighted by molar-refractivity contribution is -0.152. The van der Waals surface area contributed by atoms with Crippen LogP contribution in [0.15, 0.2) is 41.4 Å². The third-order valence-electron chi connectivity index (χ3n) is 7.32. The number of rotatable bonds is 7. The van der Waals surface area contributed by atoms with Gasteiger partial charge in [-0.3, -0.25) is 9.59 Å². The van der Waals surface area contributed by atoms with Crippen LogP contribution in [0.5, 0.6) is 0 Å². The molecule has 2 aliphatic rings. The monoisotopic (exact) mass is 657 g/mol. The van der Waals surface area contributed by atoms with Gasteiger partial charge in [0.2, 0.25) is 5.28 Å². The number of hydrogen-bond donors (Lipinski definition) is 0. The van der Waals surface area contributed by atoms with Crippen LogP contribution in [0.2, 0.25) is 5.28 Å². The molecule has 12 heteroatoms. The maximum Gasteiger partial charge on any atom is 0.410 e. The Labute approximate surface area is 258 Å². The van der Waals surface area contributed by atoms with Gasteiger partial charge in [-0.2, -0.15) is 5.26 Å². The van der Waals surface area contributed by atoms with E-state index in [0.717, 1.165) is 10.0 Å². The summed E-state index contributed by atoms with van der Waals surface area (Å²) in [5, 5.41) is 9.36. The summed E-state index contributed by atoms with van der Waals surface area (Å²) < 4.78 is 11.8. The number of anilines is 1. The van der Waals surface area contributed by atoms with E-state index in [0.29, 0.717) is 24.3 Å². The predicted octanol–water partition coefficient (Wildman–Crippen LogP) is 5.32. The van der Waals surface area contributed by atoms with Crippen molar-refractivity contribution >= 4 is 51.2 Å². The lowest BCUT2D eigenvalue weighted by Crippen LogP contribution is -2.56. The van der Waals surface area contributed by atoms with Crippen molar-refractivity contribution in [1.82, 2.24) is 14.9 Å². The summed E-state index contributed by atoms with van der Waals surface area (Å²) in [5.74, 6) is -0.677. The maximum absolute atomic E-state index is 14.3. The first-order valence-corrected chi connectivity index (χ1v) is 14.8. The first-order valence-electron chi connectivity index (χ1n) is 13.6. The minimum atomic E-state index is -1.52. The van der Waals surface area contributed by atoms with Crippen LogP contribution in [0.3, 0.4) is 0 Å². The van der Waals surface area contributed by atoms with Crippen molar-refractivity contribution in [3.63, 3.8) is 0 Å². The fourth-order valence-corrected chi connectivity index (χ4v) is 5.96. The first kappa shape index (κ1) is 31.4. The number of carbonyl (C=O) groups is 3. The number of Topliss-reactive ketones (excluding diaryl/α,β-unsaturated/α-hetero) is 1.